The molecule has 2 heteroatoms. The lowest BCUT2D eigenvalue weighted by Crippen LogP contribution is -2.29. The van der Waals surface area contributed by atoms with Crippen molar-refractivity contribution in [3.63, 3.8) is 0 Å². The van der Waals surface area contributed by atoms with Crippen molar-refractivity contribution in [1.29, 1.82) is 0 Å². The summed E-state index contributed by atoms with van der Waals surface area (Å²) in [5.41, 5.74) is 3.96. The average Bonchev–Trinajstić information content (AvgIpc) is 2.26. The predicted octanol–water partition coefficient (Wildman–Crippen LogP) is 3.21. The molecule has 0 amide bonds. The molecule has 0 aromatic heterocycles. The highest BCUT2D eigenvalue weighted by Gasteiger charge is 2.12. The first-order valence-electron chi connectivity index (χ1n) is 6.51. The minimum Gasteiger partial charge on any atom is -0.384 e. The molecule has 0 aliphatic carbocycles. The van der Waals surface area contributed by atoms with Crippen molar-refractivity contribution in [1.82, 2.24) is 5.32 Å². The standard InChI is InChI=1S/C15H26N2/c1-11(2)14(9-16-5)10-17-15-12(3)7-6-8-13(15)4/h6-8,11,14,16-17H,9-10H2,1-5H3. The van der Waals surface area contributed by atoms with Crippen molar-refractivity contribution in [2.45, 2.75) is 27.7 Å². The highest BCUT2D eigenvalue weighted by atomic mass is 14.9. The van der Waals surface area contributed by atoms with Crippen LogP contribution in [0.3, 0.4) is 0 Å². The van der Waals surface area contributed by atoms with E-state index in [0.717, 1.165) is 13.1 Å². The number of benzene rings is 1. The van der Waals surface area contributed by atoms with E-state index in [1.165, 1.54) is 16.8 Å². The van der Waals surface area contributed by atoms with E-state index in [2.05, 4.69) is 56.5 Å². The van der Waals surface area contributed by atoms with Crippen LogP contribution in [0, 0.1) is 25.7 Å². The highest BCUT2D eigenvalue weighted by molar-refractivity contribution is 5.56. The van der Waals surface area contributed by atoms with Gasteiger partial charge in [0.25, 0.3) is 0 Å². The van der Waals surface area contributed by atoms with Crippen LogP contribution in [0.25, 0.3) is 0 Å². The van der Waals surface area contributed by atoms with Crippen LogP contribution in [-0.4, -0.2) is 20.1 Å². The van der Waals surface area contributed by atoms with Crippen LogP contribution >= 0.6 is 0 Å². The molecule has 1 atom stereocenters. The fourth-order valence-electron chi connectivity index (χ4n) is 2.13. The molecule has 1 unspecified atom stereocenters. The SMILES string of the molecule is CNCC(CNc1c(C)cccc1C)C(C)C. The Bertz CT molecular complexity index is 325. The Hall–Kier alpha value is -1.02. The minimum atomic E-state index is 0.666. The summed E-state index contributed by atoms with van der Waals surface area (Å²) in [5.74, 6) is 1.36. The van der Waals surface area contributed by atoms with Crippen molar-refractivity contribution in [3.8, 4) is 0 Å². The second-order valence-electron chi connectivity index (χ2n) is 5.21. The lowest BCUT2D eigenvalue weighted by atomic mass is 9.95. The van der Waals surface area contributed by atoms with Crippen molar-refractivity contribution >= 4 is 5.69 Å². The molecular formula is C15H26N2. The average molecular weight is 234 g/mol. The molecule has 0 spiro atoms. The molecule has 1 rings (SSSR count). The molecule has 0 aliphatic rings. The zero-order valence-corrected chi connectivity index (χ0v) is 11.8. The van der Waals surface area contributed by atoms with Gasteiger partial charge in [-0.1, -0.05) is 32.0 Å². The van der Waals surface area contributed by atoms with Gasteiger partial charge in [0.1, 0.15) is 0 Å². The van der Waals surface area contributed by atoms with Gasteiger partial charge in [0.2, 0.25) is 0 Å². The van der Waals surface area contributed by atoms with Crippen molar-refractivity contribution < 1.29 is 0 Å². The van der Waals surface area contributed by atoms with E-state index in [0.29, 0.717) is 11.8 Å². The summed E-state index contributed by atoms with van der Waals surface area (Å²) in [5, 5.41) is 6.88. The molecule has 0 saturated heterocycles. The van der Waals surface area contributed by atoms with E-state index >= 15 is 0 Å². The molecule has 0 saturated carbocycles. The third-order valence-corrected chi connectivity index (χ3v) is 3.43. The van der Waals surface area contributed by atoms with Crippen molar-refractivity contribution in [2.24, 2.45) is 11.8 Å². The molecule has 0 heterocycles. The smallest absolute Gasteiger partial charge is 0.0399 e. The van der Waals surface area contributed by atoms with E-state index in [4.69, 9.17) is 0 Å². The Morgan fingerprint density at radius 2 is 1.65 bits per heavy atom. The molecule has 0 aliphatic heterocycles. The lowest BCUT2D eigenvalue weighted by Gasteiger charge is -2.23. The normalized spacial score (nSPS) is 12.8. The Morgan fingerprint density at radius 3 is 2.12 bits per heavy atom. The summed E-state index contributed by atoms with van der Waals surface area (Å²) in [6, 6.07) is 6.44. The van der Waals surface area contributed by atoms with E-state index in [-0.39, 0.29) is 0 Å². The Kier molecular flexibility index (Phi) is 5.49. The van der Waals surface area contributed by atoms with Gasteiger partial charge in [0.15, 0.2) is 0 Å². The van der Waals surface area contributed by atoms with Crippen LogP contribution in [0.2, 0.25) is 0 Å². The zero-order valence-electron chi connectivity index (χ0n) is 11.8. The molecule has 1 aromatic rings. The third kappa shape index (κ3) is 4.04. The summed E-state index contributed by atoms with van der Waals surface area (Å²) < 4.78 is 0. The molecule has 17 heavy (non-hydrogen) atoms. The third-order valence-electron chi connectivity index (χ3n) is 3.43. The van der Waals surface area contributed by atoms with Crippen molar-refractivity contribution in [3.05, 3.63) is 29.3 Å². The Balaban J connectivity index is 2.65. The molecule has 2 N–H and O–H groups in total. The first kappa shape index (κ1) is 14.0. The predicted molar refractivity (Wildman–Crippen MR) is 76.7 cm³/mol. The van der Waals surface area contributed by atoms with Gasteiger partial charge in [-0.05, 0) is 50.4 Å². The second-order valence-corrected chi connectivity index (χ2v) is 5.21. The van der Waals surface area contributed by atoms with E-state index < -0.39 is 0 Å². The van der Waals surface area contributed by atoms with Gasteiger partial charge in [-0.2, -0.15) is 0 Å². The molecule has 1 aromatic carbocycles. The first-order chi connectivity index (χ1) is 8.06. The maximum absolute atomic E-state index is 3.61. The maximum atomic E-state index is 3.61. The second kappa shape index (κ2) is 6.65. The molecule has 0 bridgehead atoms. The number of aryl methyl sites for hydroxylation is 2. The molecular weight excluding hydrogens is 208 g/mol. The van der Waals surface area contributed by atoms with Crippen LogP contribution in [0.15, 0.2) is 18.2 Å². The number of rotatable bonds is 6. The minimum absolute atomic E-state index is 0.666. The maximum Gasteiger partial charge on any atom is 0.0399 e. The van der Waals surface area contributed by atoms with E-state index in [1.807, 2.05) is 7.05 Å². The number of para-hydroxylation sites is 1. The first-order valence-corrected chi connectivity index (χ1v) is 6.51. The van der Waals surface area contributed by atoms with E-state index in [9.17, 15) is 0 Å². The van der Waals surface area contributed by atoms with Crippen LogP contribution in [0.5, 0.6) is 0 Å². The molecule has 96 valence electrons. The quantitative estimate of drug-likeness (QED) is 0.790. The van der Waals surface area contributed by atoms with Gasteiger partial charge in [-0.3, -0.25) is 0 Å². The summed E-state index contributed by atoms with van der Waals surface area (Å²) in [6.45, 7) is 11.0. The zero-order chi connectivity index (χ0) is 12.8. The number of nitrogens with one attached hydrogen (secondary N) is 2. The van der Waals surface area contributed by atoms with E-state index in [1.54, 1.807) is 0 Å². The fraction of sp³-hybridized carbons (Fsp3) is 0.600. The van der Waals surface area contributed by atoms with Gasteiger partial charge < -0.3 is 10.6 Å². The van der Waals surface area contributed by atoms with Gasteiger partial charge in [0.05, 0.1) is 0 Å². The summed E-state index contributed by atoms with van der Waals surface area (Å²) >= 11 is 0. The largest absolute Gasteiger partial charge is 0.384 e. The lowest BCUT2D eigenvalue weighted by molar-refractivity contribution is 0.390. The Morgan fingerprint density at radius 1 is 1.06 bits per heavy atom. The number of hydrogen-bond donors (Lipinski definition) is 2. The van der Waals surface area contributed by atoms with Crippen molar-refractivity contribution in [2.75, 3.05) is 25.5 Å². The molecule has 0 fully saturated rings. The summed E-state index contributed by atoms with van der Waals surface area (Å²) in [4.78, 5) is 0. The van der Waals surface area contributed by atoms with Crippen LogP contribution in [-0.2, 0) is 0 Å². The molecule has 2 nitrogen and oxygen atoms in total. The highest BCUT2D eigenvalue weighted by Crippen LogP contribution is 2.20. The Labute approximate surface area is 106 Å². The van der Waals surface area contributed by atoms with Gasteiger partial charge in [-0.15, -0.1) is 0 Å². The van der Waals surface area contributed by atoms with Gasteiger partial charge >= 0.3 is 0 Å². The summed E-state index contributed by atoms with van der Waals surface area (Å²) in [7, 11) is 2.02. The topological polar surface area (TPSA) is 24.1 Å². The monoisotopic (exact) mass is 234 g/mol. The van der Waals surface area contributed by atoms with Gasteiger partial charge in [0, 0.05) is 12.2 Å². The van der Waals surface area contributed by atoms with Crippen LogP contribution in [0.4, 0.5) is 5.69 Å². The van der Waals surface area contributed by atoms with Gasteiger partial charge in [-0.25, -0.2) is 0 Å². The summed E-state index contributed by atoms with van der Waals surface area (Å²) in [6.07, 6.45) is 0. The number of anilines is 1. The fourth-order valence-corrected chi connectivity index (χ4v) is 2.13. The molecule has 0 radical (unpaired) electrons. The number of hydrogen-bond acceptors (Lipinski definition) is 2. The van der Waals surface area contributed by atoms with Crippen LogP contribution in [0.1, 0.15) is 25.0 Å². The van der Waals surface area contributed by atoms with Crippen LogP contribution < -0.4 is 10.6 Å².